The number of benzene rings is 2. The molecule has 0 aliphatic carbocycles. The van der Waals surface area contributed by atoms with Crippen molar-refractivity contribution in [2.24, 2.45) is 0 Å². The minimum atomic E-state index is -3.95. The Balaban J connectivity index is 1.65. The molecule has 10 nitrogen and oxygen atoms in total. The summed E-state index contributed by atoms with van der Waals surface area (Å²) >= 11 is 0. The summed E-state index contributed by atoms with van der Waals surface area (Å²) in [5, 5.41) is 11.1. The van der Waals surface area contributed by atoms with Crippen LogP contribution >= 0.6 is 0 Å². The van der Waals surface area contributed by atoms with Crippen LogP contribution in [0.5, 0.6) is 11.5 Å². The number of nitrogens with one attached hydrogen (secondary N) is 1. The zero-order chi connectivity index (χ0) is 21.7. The highest BCUT2D eigenvalue weighted by Gasteiger charge is 2.22. The van der Waals surface area contributed by atoms with Crippen molar-refractivity contribution < 1.29 is 27.2 Å². The molecule has 0 aliphatic rings. The predicted molar refractivity (Wildman–Crippen MR) is 107 cm³/mol. The average Bonchev–Trinajstić information content (AvgIpc) is 3.22. The smallest absolute Gasteiger partial charge is 0.312 e. The Morgan fingerprint density at radius 3 is 2.50 bits per heavy atom. The molecule has 1 heterocycles. The number of oxazole rings is 1. The highest BCUT2D eigenvalue weighted by molar-refractivity contribution is 7.89. The first-order valence-electron chi connectivity index (χ1n) is 8.75. The van der Waals surface area contributed by atoms with Crippen LogP contribution < -0.4 is 14.2 Å². The monoisotopic (exact) mass is 433 g/mol. The molecule has 0 aliphatic heterocycles. The molecular weight excluding hydrogens is 414 g/mol. The zero-order valence-corrected chi connectivity index (χ0v) is 17.0. The first kappa shape index (κ1) is 21.3. The maximum absolute atomic E-state index is 12.5. The fourth-order valence-electron chi connectivity index (χ4n) is 2.66. The number of hydrogen-bond donors (Lipinski definition) is 1. The molecule has 1 aromatic heterocycles. The molecule has 3 aromatic rings. The van der Waals surface area contributed by atoms with E-state index in [1.807, 2.05) is 0 Å². The van der Waals surface area contributed by atoms with E-state index in [9.17, 15) is 18.5 Å². The summed E-state index contributed by atoms with van der Waals surface area (Å²) in [6.07, 6.45) is 1.73. The molecule has 11 heteroatoms. The minimum absolute atomic E-state index is 0.0207. The lowest BCUT2D eigenvalue weighted by atomic mass is 10.2. The van der Waals surface area contributed by atoms with E-state index in [-0.39, 0.29) is 23.6 Å². The Labute approximate surface area is 172 Å². The molecule has 0 bridgehead atoms. The van der Waals surface area contributed by atoms with Gasteiger partial charge in [0, 0.05) is 24.6 Å². The van der Waals surface area contributed by atoms with Gasteiger partial charge < -0.3 is 13.9 Å². The SMILES string of the molecule is COc1ccc(-c2nc(CCNS(=O)(=O)c3ccc(OC)c([N+](=O)[O-])c3)co2)cc1. The van der Waals surface area contributed by atoms with Gasteiger partial charge in [0.25, 0.3) is 0 Å². The highest BCUT2D eigenvalue weighted by Crippen LogP contribution is 2.29. The van der Waals surface area contributed by atoms with E-state index < -0.39 is 20.6 Å². The van der Waals surface area contributed by atoms with Gasteiger partial charge in [-0.1, -0.05) is 0 Å². The Hall–Kier alpha value is -3.44. The largest absolute Gasteiger partial charge is 0.497 e. The Kier molecular flexibility index (Phi) is 6.33. The second-order valence-electron chi connectivity index (χ2n) is 6.11. The Bertz CT molecular complexity index is 1140. The van der Waals surface area contributed by atoms with Gasteiger partial charge in [0.1, 0.15) is 12.0 Å². The second kappa shape index (κ2) is 8.93. The van der Waals surface area contributed by atoms with Gasteiger partial charge in [-0.3, -0.25) is 10.1 Å². The highest BCUT2D eigenvalue weighted by atomic mass is 32.2. The normalized spacial score (nSPS) is 11.3. The van der Waals surface area contributed by atoms with Crippen molar-refractivity contribution in [3.8, 4) is 23.0 Å². The number of rotatable bonds is 9. The number of methoxy groups -OCH3 is 2. The molecule has 158 valence electrons. The van der Waals surface area contributed by atoms with Crippen LogP contribution in [-0.4, -0.2) is 39.1 Å². The van der Waals surface area contributed by atoms with E-state index in [4.69, 9.17) is 13.9 Å². The maximum atomic E-state index is 12.5. The Morgan fingerprint density at radius 2 is 1.87 bits per heavy atom. The van der Waals surface area contributed by atoms with Crippen LogP contribution in [0.25, 0.3) is 11.5 Å². The fourth-order valence-corrected chi connectivity index (χ4v) is 3.72. The van der Waals surface area contributed by atoms with E-state index in [1.165, 1.54) is 25.5 Å². The lowest BCUT2D eigenvalue weighted by Gasteiger charge is -2.07. The van der Waals surface area contributed by atoms with Crippen LogP contribution in [-0.2, 0) is 16.4 Å². The van der Waals surface area contributed by atoms with Crippen LogP contribution in [0, 0.1) is 10.1 Å². The molecule has 0 unspecified atom stereocenters. The molecule has 0 amide bonds. The Morgan fingerprint density at radius 1 is 1.13 bits per heavy atom. The molecule has 1 N–H and O–H groups in total. The van der Waals surface area contributed by atoms with Crippen LogP contribution in [0.1, 0.15) is 5.69 Å². The number of sulfonamides is 1. The quantitative estimate of drug-likeness (QED) is 0.402. The lowest BCUT2D eigenvalue weighted by molar-refractivity contribution is -0.386. The van der Waals surface area contributed by atoms with Gasteiger partial charge in [-0.2, -0.15) is 0 Å². The molecule has 2 aromatic carbocycles. The lowest BCUT2D eigenvalue weighted by Crippen LogP contribution is -2.26. The van der Waals surface area contributed by atoms with Gasteiger partial charge in [0.05, 0.1) is 29.7 Å². The van der Waals surface area contributed by atoms with Gasteiger partial charge in [0.2, 0.25) is 15.9 Å². The summed E-state index contributed by atoms with van der Waals surface area (Å²) < 4.78 is 42.7. The first-order valence-corrected chi connectivity index (χ1v) is 10.2. The second-order valence-corrected chi connectivity index (χ2v) is 7.88. The third-order valence-electron chi connectivity index (χ3n) is 4.22. The molecule has 0 spiro atoms. The van der Waals surface area contributed by atoms with Gasteiger partial charge in [-0.15, -0.1) is 0 Å². The molecular formula is C19H19N3O7S. The predicted octanol–water partition coefficient (Wildman–Crippen LogP) is 2.79. The average molecular weight is 433 g/mol. The van der Waals surface area contributed by atoms with Crippen molar-refractivity contribution in [1.29, 1.82) is 0 Å². The molecule has 3 rings (SSSR count). The van der Waals surface area contributed by atoms with E-state index in [2.05, 4.69) is 9.71 Å². The molecule has 0 saturated carbocycles. The van der Waals surface area contributed by atoms with Crippen molar-refractivity contribution in [2.45, 2.75) is 11.3 Å². The van der Waals surface area contributed by atoms with Crippen molar-refractivity contribution in [3.05, 3.63) is 64.5 Å². The van der Waals surface area contributed by atoms with Crippen molar-refractivity contribution >= 4 is 15.7 Å². The number of aromatic nitrogens is 1. The summed E-state index contributed by atoms with van der Waals surface area (Å²) in [7, 11) is -1.10. The third kappa shape index (κ3) is 4.75. The number of nitro benzene ring substituents is 1. The summed E-state index contributed by atoms with van der Waals surface area (Å²) in [4.78, 5) is 14.5. The molecule has 30 heavy (non-hydrogen) atoms. The summed E-state index contributed by atoms with van der Waals surface area (Å²) in [5.41, 5.74) is 0.887. The summed E-state index contributed by atoms with van der Waals surface area (Å²) in [6.45, 7) is 0.0384. The van der Waals surface area contributed by atoms with Crippen molar-refractivity contribution in [2.75, 3.05) is 20.8 Å². The first-order chi connectivity index (χ1) is 14.3. The number of ether oxygens (including phenoxy) is 2. The number of nitrogens with zero attached hydrogens (tertiary/aromatic N) is 2. The minimum Gasteiger partial charge on any atom is -0.497 e. The van der Waals surface area contributed by atoms with Crippen LogP contribution in [0.2, 0.25) is 0 Å². The fraction of sp³-hybridized carbons (Fsp3) is 0.211. The summed E-state index contributed by atoms with van der Waals surface area (Å²) in [6, 6.07) is 10.6. The topological polar surface area (TPSA) is 134 Å². The molecule has 0 fully saturated rings. The van der Waals surface area contributed by atoms with E-state index in [1.54, 1.807) is 31.4 Å². The van der Waals surface area contributed by atoms with Gasteiger partial charge in [-0.05, 0) is 36.4 Å². The molecule has 0 saturated heterocycles. The van der Waals surface area contributed by atoms with E-state index >= 15 is 0 Å². The van der Waals surface area contributed by atoms with Gasteiger partial charge >= 0.3 is 5.69 Å². The summed E-state index contributed by atoms with van der Waals surface area (Å²) in [5.74, 6) is 1.09. The van der Waals surface area contributed by atoms with E-state index in [0.29, 0.717) is 17.3 Å². The third-order valence-corrected chi connectivity index (χ3v) is 5.68. The van der Waals surface area contributed by atoms with Gasteiger partial charge in [-0.25, -0.2) is 18.1 Å². The number of hydrogen-bond acceptors (Lipinski definition) is 8. The van der Waals surface area contributed by atoms with E-state index in [0.717, 1.165) is 11.6 Å². The van der Waals surface area contributed by atoms with Gasteiger partial charge in [0.15, 0.2) is 5.75 Å². The molecule has 0 radical (unpaired) electrons. The molecule has 0 atom stereocenters. The van der Waals surface area contributed by atoms with Crippen LogP contribution in [0.3, 0.4) is 0 Å². The zero-order valence-electron chi connectivity index (χ0n) is 16.2. The van der Waals surface area contributed by atoms with Crippen LogP contribution in [0.4, 0.5) is 5.69 Å². The number of nitro groups is 1. The standard InChI is InChI=1S/C19H19N3O7S/c1-27-15-5-3-13(4-6-15)19-21-14(12-29-19)9-10-20-30(25,26)16-7-8-18(28-2)17(11-16)22(23)24/h3-8,11-12,20H,9-10H2,1-2H3. The van der Waals surface area contributed by atoms with Crippen molar-refractivity contribution in [1.82, 2.24) is 9.71 Å². The van der Waals surface area contributed by atoms with Crippen molar-refractivity contribution in [3.63, 3.8) is 0 Å². The van der Waals surface area contributed by atoms with Crippen LogP contribution in [0.15, 0.2) is 58.0 Å². The maximum Gasteiger partial charge on any atom is 0.312 e.